The first-order valence-electron chi connectivity index (χ1n) is 8.01. The summed E-state index contributed by atoms with van der Waals surface area (Å²) in [6.07, 6.45) is 9.56. The Labute approximate surface area is 124 Å². The minimum atomic E-state index is 0.465. The third-order valence-corrected chi connectivity index (χ3v) is 4.62. The molecule has 0 unspecified atom stereocenters. The highest BCUT2D eigenvalue weighted by molar-refractivity contribution is 5.53. The first-order valence-corrected chi connectivity index (χ1v) is 8.01. The van der Waals surface area contributed by atoms with Gasteiger partial charge in [-0.15, -0.1) is 0 Å². The lowest BCUT2D eigenvalue weighted by Gasteiger charge is -2.34. The molecule has 1 aromatic heterocycles. The summed E-state index contributed by atoms with van der Waals surface area (Å²) in [5.74, 6) is 1.38. The van der Waals surface area contributed by atoms with Gasteiger partial charge in [-0.25, -0.2) is 0 Å². The van der Waals surface area contributed by atoms with Crippen molar-refractivity contribution in [3.8, 4) is 0 Å². The summed E-state index contributed by atoms with van der Waals surface area (Å²) in [7, 11) is 0. The average Bonchev–Trinajstić information content (AvgIpc) is 2.38. The number of hydrogen-bond acceptors (Lipinski definition) is 1. The minimum Gasteiger partial charge on any atom is -0.261 e. The van der Waals surface area contributed by atoms with Gasteiger partial charge >= 0.3 is 0 Å². The Balaban J connectivity index is 2.05. The fraction of sp³-hybridized carbons (Fsp3) is 0.632. The maximum absolute atomic E-state index is 4.45. The molecule has 0 atom stereocenters. The molecule has 1 aliphatic rings. The second-order valence-corrected chi connectivity index (χ2v) is 7.61. The summed E-state index contributed by atoms with van der Waals surface area (Å²) in [6, 6.07) is 4.38. The van der Waals surface area contributed by atoms with Crippen LogP contribution in [0.15, 0.2) is 23.9 Å². The van der Waals surface area contributed by atoms with Crippen LogP contribution in [0, 0.1) is 11.3 Å². The molecule has 0 amide bonds. The summed E-state index contributed by atoms with van der Waals surface area (Å²) < 4.78 is 0. The highest BCUT2D eigenvalue weighted by atomic mass is 14.7. The smallest absolute Gasteiger partial charge is 0.0434 e. The van der Waals surface area contributed by atoms with Crippen LogP contribution >= 0.6 is 0 Å². The van der Waals surface area contributed by atoms with E-state index in [4.69, 9.17) is 0 Å². The number of hydrogen-bond donors (Lipinski definition) is 0. The van der Waals surface area contributed by atoms with E-state index in [1.165, 1.54) is 36.9 Å². The fourth-order valence-electron chi connectivity index (χ4n) is 3.11. The van der Waals surface area contributed by atoms with Crippen LogP contribution < -0.4 is 0 Å². The average molecular weight is 271 g/mol. The molecule has 0 bridgehead atoms. The van der Waals surface area contributed by atoms with E-state index in [0.29, 0.717) is 11.3 Å². The van der Waals surface area contributed by atoms with Gasteiger partial charge in [0.1, 0.15) is 0 Å². The van der Waals surface area contributed by atoms with Crippen molar-refractivity contribution in [1.82, 2.24) is 4.98 Å². The molecule has 0 radical (unpaired) electrons. The van der Waals surface area contributed by atoms with Crippen molar-refractivity contribution in [2.24, 2.45) is 11.3 Å². The quantitative estimate of drug-likeness (QED) is 0.660. The van der Waals surface area contributed by atoms with Gasteiger partial charge in [-0.1, -0.05) is 46.3 Å². The van der Waals surface area contributed by atoms with Crippen molar-refractivity contribution < 1.29 is 0 Å². The molecule has 1 nitrogen and oxygen atoms in total. The van der Waals surface area contributed by atoms with Gasteiger partial charge in [0.05, 0.1) is 0 Å². The maximum Gasteiger partial charge on any atom is 0.0434 e. The van der Waals surface area contributed by atoms with Crippen LogP contribution in [0.4, 0.5) is 0 Å². The number of pyridine rings is 1. The molecule has 0 aromatic carbocycles. The molecule has 0 aliphatic heterocycles. The van der Waals surface area contributed by atoms with Crippen LogP contribution in [0.2, 0.25) is 0 Å². The first-order chi connectivity index (χ1) is 9.36. The predicted molar refractivity (Wildman–Crippen MR) is 87.7 cm³/mol. The molecule has 1 fully saturated rings. The Hall–Kier alpha value is -1.11. The van der Waals surface area contributed by atoms with Crippen molar-refractivity contribution in [3.05, 3.63) is 35.2 Å². The lowest BCUT2D eigenvalue weighted by Crippen LogP contribution is -2.23. The van der Waals surface area contributed by atoms with E-state index in [1.54, 1.807) is 5.57 Å². The van der Waals surface area contributed by atoms with Crippen LogP contribution in [0.3, 0.4) is 0 Å². The third-order valence-electron chi connectivity index (χ3n) is 4.62. The second kappa shape index (κ2) is 6.11. The van der Waals surface area contributed by atoms with E-state index in [0.717, 1.165) is 5.92 Å². The van der Waals surface area contributed by atoms with E-state index in [2.05, 4.69) is 57.8 Å². The Morgan fingerprint density at radius 1 is 1.20 bits per heavy atom. The van der Waals surface area contributed by atoms with Gasteiger partial charge in [-0.2, -0.15) is 0 Å². The Bertz CT molecular complexity index is 467. The summed E-state index contributed by atoms with van der Waals surface area (Å²) in [6.45, 7) is 11.5. The number of rotatable bonds is 2. The maximum atomic E-state index is 4.45. The summed E-state index contributed by atoms with van der Waals surface area (Å²) in [4.78, 5) is 4.45. The van der Waals surface area contributed by atoms with Gasteiger partial charge in [0.15, 0.2) is 0 Å². The van der Waals surface area contributed by atoms with Gasteiger partial charge < -0.3 is 0 Å². The summed E-state index contributed by atoms with van der Waals surface area (Å²) >= 11 is 0. The lowest BCUT2D eigenvalue weighted by atomic mass is 9.71. The topological polar surface area (TPSA) is 12.9 Å². The summed E-state index contributed by atoms with van der Waals surface area (Å²) in [5.41, 5.74) is 4.61. The monoisotopic (exact) mass is 271 g/mol. The molecule has 1 heterocycles. The van der Waals surface area contributed by atoms with Crippen LogP contribution in [0.1, 0.15) is 77.5 Å². The first kappa shape index (κ1) is 15.3. The van der Waals surface area contributed by atoms with Crippen LogP contribution in [-0.2, 0) is 0 Å². The van der Waals surface area contributed by atoms with E-state index in [1.807, 2.05) is 6.20 Å². The molecule has 110 valence electrons. The third kappa shape index (κ3) is 3.94. The van der Waals surface area contributed by atoms with E-state index < -0.39 is 0 Å². The molecular formula is C19H29N. The van der Waals surface area contributed by atoms with Gasteiger partial charge in [0.2, 0.25) is 0 Å². The van der Waals surface area contributed by atoms with Gasteiger partial charge in [-0.3, -0.25) is 4.98 Å². The molecule has 0 spiro atoms. The molecule has 0 saturated heterocycles. The van der Waals surface area contributed by atoms with Crippen molar-refractivity contribution in [2.45, 2.75) is 66.2 Å². The standard InChI is InChI=1S/C19H29N/c1-14(2)18-13-16(10-11-20-18)12-15-6-8-17(9-7-15)19(3,4)5/h10-14,17H,6-9H2,1-5H3. The van der Waals surface area contributed by atoms with E-state index >= 15 is 0 Å². The van der Waals surface area contributed by atoms with Gasteiger partial charge in [0.25, 0.3) is 0 Å². The van der Waals surface area contributed by atoms with Crippen LogP contribution in [0.5, 0.6) is 0 Å². The van der Waals surface area contributed by atoms with Gasteiger partial charge in [0, 0.05) is 11.9 Å². The summed E-state index contributed by atoms with van der Waals surface area (Å²) in [5, 5.41) is 0. The molecular weight excluding hydrogens is 242 g/mol. The zero-order valence-corrected chi connectivity index (χ0v) is 13.7. The molecule has 0 N–H and O–H groups in total. The SMILES string of the molecule is CC(C)c1cc(C=C2CCC(C(C)(C)C)CC2)ccn1. The highest BCUT2D eigenvalue weighted by Gasteiger charge is 2.27. The van der Waals surface area contributed by atoms with Crippen LogP contribution in [0.25, 0.3) is 6.08 Å². The Kier molecular flexibility index (Phi) is 4.67. The highest BCUT2D eigenvalue weighted by Crippen LogP contribution is 2.40. The van der Waals surface area contributed by atoms with Gasteiger partial charge in [-0.05, 0) is 60.6 Å². The molecule has 1 aliphatic carbocycles. The van der Waals surface area contributed by atoms with E-state index in [-0.39, 0.29) is 0 Å². The van der Waals surface area contributed by atoms with Crippen molar-refractivity contribution >= 4 is 6.08 Å². The largest absolute Gasteiger partial charge is 0.261 e. The lowest BCUT2D eigenvalue weighted by molar-refractivity contribution is 0.198. The van der Waals surface area contributed by atoms with Crippen molar-refractivity contribution in [3.63, 3.8) is 0 Å². The van der Waals surface area contributed by atoms with Crippen LogP contribution in [-0.4, -0.2) is 4.98 Å². The normalized spacial score (nSPS) is 20.3. The molecule has 1 heteroatoms. The second-order valence-electron chi connectivity index (χ2n) is 7.61. The number of nitrogens with zero attached hydrogens (tertiary/aromatic N) is 1. The molecule has 20 heavy (non-hydrogen) atoms. The van der Waals surface area contributed by atoms with Crippen molar-refractivity contribution in [2.75, 3.05) is 0 Å². The number of allylic oxidation sites excluding steroid dienone is 1. The Morgan fingerprint density at radius 3 is 2.40 bits per heavy atom. The zero-order chi connectivity index (χ0) is 14.8. The zero-order valence-electron chi connectivity index (χ0n) is 13.7. The molecule has 1 aromatic rings. The molecule has 2 rings (SSSR count). The molecule has 1 saturated carbocycles. The number of aromatic nitrogens is 1. The Morgan fingerprint density at radius 2 is 1.85 bits per heavy atom. The van der Waals surface area contributed by atoms with Crippen molar-refractivity contribution in [1.29, 1.82) is 0 Å². The fourth-order valence-corrected chi connectivity index (χ4v) is 3.11. The van der Waals surface area contributed by atoms with E-state index in [9.17, 15) is 0 Å². The minimum absolute atomic E-state index is 0.465. The predicted octanol–water partition coefficient (Wildman–Crippen LogP) is 5.82.